The second-order valence-corrected chi connectivity index (χ2v) is 6.78. The normalized spacial score (nSPS) is 16.8. The Morgan fingerprint density at radius 2 is 2.10 bits per heavy atom. The number of nitrogens with zero attached hydrogens (tertiary/aromatic N) is 1. The fourth-order valence-electron chi connectivity index (χ4n) is 2.21. The van der Waals surface area contributed by atoms with Crippen LogP contribution in [0, 0.1) is 5.82 Å². The second-order valence-electron chi connectivity index (χ2n) is 5.08. The van der Waals surface area contributed by atoms with Crippen molar-refractivity contribution in [1.82, 2.24) is 4.90 Å². The Labute approximate surface area is 126 Å². The number of carbonyl (C=O) groups excluding carboxylic acids is 1. The second kappa shape index (κ2) is 7.51. The predicted molar refractivity (Wildman–Crippen MR) is 83.0 cm³/mol. The molecule has 1 heterocycles. The summed E-state index contributed by atoms with van der Waals surface area (Å²) >= 11 is 0. The molecule has 1 saturated heterocycles. The number of anilines is 2. The van der Waals surface area contributed by atoms with Gasteiger partial charge in [-0.25, -0.2) is 4.39 Å². The Hall–Kier alpha value is -1.47. The highest BCUT2D eigenvalue weighted by Gasteiger charge is 2.15. The number of hydrogen-bond acceptors (Lipinski definition) is 4. The van der Waals surface area contributed by atoms with Crippen LogP contribution in [0.5, 0.6) is 0 Å². The molecule has 0 aliphatic carbocycles. The van der Waals surface area contributed by atoms with Crippen LogP contribution < -0.4 is 11.1 Å². The number of halogens is 1. The first-order chi connectivity index (χ1) is 10.0. The topological polar surface area (TPSA) is 75.4 Å². The van der Waals surface area contributed by atoms with Crippen molar-refractivity contribution in [2.24, 2.45) is 0 Å². The molecule has 2 rings (SSSR count). The number of nitrogen functional groups attached to an aromatic ring is 1. The van der Waals surface area contributed by atoms with E-state index in [2.05, 4.69) is 10.2 Å². The molecule has 116 valence electrons. The largest absolute Gasteiger partial charge is 0.399 e. The van der Waals surface area contributed by atoms with Gasteiger partial charge >= 0.3 is 0 Å². The number of rotatable bonds is 5. The molecule has 1 aromatic rings. The zero-order chi connectivity index (χ0) is 15.2. The Bertz CT molecular complexity index is 529. The first-order valence-corrected chi connectivity index (χ1v) is 8.45. The van der Waals surface area contributed by atoms with E-state index in [1.165, 1.54) is 18.2 Å². The Kier molecular flexibility index (Phi) is 5.69. The van der Waals surface area contributed by atoms with E-state index in [4.69, 9.17) is 5.73 Å². The van der Waals surface area contributed by atoms with Gasteiger partial charge in [-0.3, -0.25) is 9.00 Å². The third-order valence-corrected chi connectivity index (χ3v) is 4.69. The van der Waals surface area contributed by atoms with Crippen molar-refractivity contribution in [2.45, 2.75) is 12.8 Å². The van der Waals surface area contributed by atoms with Gasteiger partial charge in [0.05, 0.1) is 5.69 Å². The lowest BCUT2D eigenvalue weighted by atomic mass is 10.2. The molecule has 1 aliphatic rings. The van der Waals surface area contributed by atoms with Crippen LogP contribution in [-0.4, -0.2) is 46.2 Å². The highest BCUT2D eigenvalue weighted by Crippen LogP contribution is 2.17. The third kappa shape index (κ3) is 5.09. The number of amides is 1. The van der Waals surface area contributed by atoms with E-state index in [-0.39, 0.29) is 11.6 Å². The first kappa shape index (κ1) is 15.9. The van der Waals surface area contributed by atoms with E-state index in [0.29, 0.717) is 30.0 Å². The zero-order valence-corrected chi connectivity index (χ0v) is 12.6. The molecule has 1 aliphatic heterocycles. The van der Waals surface area contributed by atoms with Crippen LogP contribution in [-0.2, 0) is 15.6 Å². The standard InChI is InChI=1S/C14H20FN3O2S/c15-12-4-3-11(16)10-13(12)17-14(19)2-1-5-18-6-8-21(20)9-7-18/h3-4,10H,1-2,5-9,16H2,(H,17,19). The van der Waals surface area contributed by atoms with Crippen molar-refractivity contribution in [3.8, 4) is 0 Å². The summed E-state index contributed by atoms with van der Waals surface area (Å²) in [5.74, 6) is 0.706. The van der Waals surface area contributed by atoms with Crippen molar-refractivity contribution in [2.75, 3.05) is 42.2 Å². The van der Waals surface area contributed by atoms with Gasteiger partial charge in [0.15, 0.2) is 0 Å². The van der Waals surface area contributed by atoms with Crippen LogP contribution >= 0.6 is 0 Å². The van der Waals surface area contributed by atoms with Crippen LogP contribution in [0.3, 0.4) is 0 Å². The lowest BCUT2D eigenvalue weighted by molar-refractivity contribution is -0.116. The van der Waals surface area contributed by atoms with Crippen molar-refractivity contribution < 1.29 is 13.4 Å². The molecule has 3 N–H and O–H groups in total. The summed E-state index contributed by atoms with van der Waals surface area (Å²) in [6, 6.07) is 4.09. The highest BCUT2D eigenvalue weighted by atomic mass is 32.2. The lowest BCUT2D eigenvalue weighted by Gasteiger charge is -2.25. The number of nitrogens with one attached hydrogen (secondary N) is 1. The average Bonchev–Trinajstić information content (AvgIpc) is 2.45. The minimum atomic E-state index is -0.681. The molecule has 1 aromatic carbocycles. The molecule has 0 unspecified atom stereocenters. The number of carbonyl (C=O) groups is 1. The number of hydrogen-bond donors (Lipinski definition) is 2. The Morgan fingerprint density at radius 1 is 1.38 bits per heavy atom. The van der Waals surface area contributed by atoms with Crippen LogP contribution in [0.15, 0.2) is 18.2 Å². The first-order valence-electron chi connectivity index (χ1n) is 6.97. The summed E-state index contributed by atoms with van der Waals surface area (Å²) in [5.41, 5.74) is 6.09. The predicted octanol–water partition coefficient (Wildman–Crippen LogP) is 1.19. The van der Waals surface area contributed by atoms with Crippen molar-refractivity contribution in [3.05, 3.63) is 24.0 Å². The van der Waals surface area contributed by atoms with Crippen LogP contribution in [0.1, 0.15) is 12.8 Å². The van der Waals surface area contributed by atoms with E-state index in [9.17, 15) is 13.4 Å². The monoisotopic (exact) mass is 313 g/mol. The summed E-state index contributed by atoms with van der Waals surface area (Å²) in [5, 5.41) is 2.53. The Morgan fingerprint density at radius 3 is 2.81 bits per heavy atom. The number of benzene rings is 1. The summed E-state index contributed by atoms with van der Waals surface area (Å²) in [6.45, 7) is 2.43. The number of nitrogens with two attached hydrogens (primary N) is 1. The van der Waals surface area contributed by atoms with Crippen molar-refractivity contribution >= 4 is 28.1 Å². The highest BCUT2D eigenvalue weighted by molar-refractivity contribution is 7.85. The van der Waals surface area contributed by atoms with Crippen LogP contribution in [0.2, 0.25) is 0 Å². The molecule has 0 spiro atoms. The third-order valence-electron chi connectivity index (χ3n) is 3.41. The quantitative estimate of drug-likeness (QED) is 0.801. The molecule has 0 atom stereocenters. The summed E-state index contributed by atoms with van der Waals surface area (Å²) < 4.78 is 24.7. The van der Waals surface area contributed by atoms with Gasteiger partial charge in [0.1, 0.15) is 5.82 Å². The summed E-state index contributed by atoms with van der Waals surface area (Å²) in [4.78, 5) is 14.0. The minimum Gasteiger partial charge on any atom is -0.399 e. The van der Waals surface area contributed by atoms with E-state index in [0.717, 1.165) is 19.6 Å². The summed E-state index contributed by atoms with van der Waals surface area (Å²) in [7, 11) is -0.681. The molecule has 7 heteroatoms. The van der Waals surface area contributed by atoms with Gasteiger partial charge in [0.2, 0.25) is 5.91 Å². The Balaban J connectivity index is 1.72. The maximum atomic E-state index is 13.5. The molecule has 1 fully saturated rings. The SMILES string of the molecule is Nc1ccc(F)c(NC(=O)CCCN2CCS(=O)CC2)c1. The molecule has 1 amide bonds. The average molecular weight is 313 g/mol. The van der Waals surface area contributed by atoms with Gasteiger partial charge in [-0.2, -0.15) is 0 Å². The molecular weight excluding hydrogens is 293 g/mol. The van der Waals surface area contributed by atoms with Gasteiger partial charge in [-0.15, -0.1) is 0 Å². The zero-order valence-electron chi connectivity index (χ0n) is 11.8. The molecule has 0 bridgehead atoms. The maximum absolute atomic E-state index is 13.5. The fourth-order valence-corrected chi connectivity index (χ4v) is 3.34. The van der Waals surface area contributed by atoms with E-state index in [1.807, 2.05) is 0 Å². The summed E-state index contributed by atoms with van der Waals surface area (Å²) in [6.07, 6.45) is 1.02. The molecule has 0 saturated carbocycles. The van der Waals surface area contributed by atoms with Crippen LogP contribution in [0.4, 0.5) is 15.8 Å². The van der Waals surface area contributed by atoms with Gasteiger partial charge < -0.3 is 16.0 Å². The molecule has 5 nitrogen and oxygen atoms in total. The minimum absolute atomic E-state index is 0.119. The van der Waals surface area contributed by atoms with Gasteiger partial charge in [0, 0.05) is 47.5 Å². The van der Waals surface area contributed by atoms with Crippen molar-refractivity contribution in [1.29, 1.82) is 0 Å². The lowest BCUT2D eigenvalue weighted by Crippen LogP contribution is -2.38. The molecule has 0 radical (unpaired) electrons. The van der Waals surface area contributed by atoms with E-state index < -0.39 is 16.6 Å². The van der Waals surface area contributed by atoms with Gasteiger partial charge in [-0.05, 0) is 31.2 Å². The van der Waals surface area contributed by atoms with Crippen LogP contribution in [0.25, 0.3) is 0 Å². The van der Waals surface area contributed by atoms with Crippen molar-refractivity contribution in [3.63, 3.8) is 0 Å². The maximum Gasteiger partial charge on any atom is 0.224 e. The fraction of sp³-hybridized carbons (Fsp3) is 0.500. The van der Waals surface area contributed by atoms with E-state index >= 15 is 0 Å². The van der Waals surface area contributed by atoms with E-state index in [1.54, 1.807) is 0 Å². The molecular formula is C14H20FN3O2S. The van der Waals surface area contributed by atoms with Gasteiger partial charge in [0.25, 0.3) is 0 Å². The van der Waals surface area contributed by atoms with Gasteiger partial charge in [-0.1, -0.05) is 0 Å². The smallest absolute Gasteiger partial charge is 0.224 e. The molecule has 21 heavy (non-hydrogen) atoms. The molecule has 0 aromatic heterocycles.